The summed E-state index contributed by atoms with van der Waals surface area (Å²) in [5.41, 5.74) is 8.16. The second-order valence-electron chi connectivity index (χ2n) is 7.81. The number of carbonyl (C=O) groups is 3. The highest BCUT2D eigenvalue weighted by atomic mass is 19.1. The summed E-state index contributed by atoms with van der Waals surface area (Å²) in [6.45, 7) is 1.92. The highest BCUT2D eigenvalue weighted by molar-refractivity contribution is 6.44. The van der Waals surface area contributed by atoms with Crippen molar-refractivity contribution >= 4 is 40.5 Å². The Morgan fingerprint density at radius 3 is 2.41 bits per heavy atom. The lowest BCUT2D eigenvalue weighted by Gasteiger charge is -2.20. The average molecular weight is 459 g/mol. The molecule has 4 N–H and O–H groups in total. The maximum atomic E-state index is 13.3. The first-order valence-electron chi connectivity index (χ1n) is 10.5. The van der Waals surface area contributed by atoms with Crippen LogP contribution in [0.3, 0.4) is 0 Å². The van der Waals surface area contributed by atoms with Crippen molar-refractivity contribution in [2.75, 3.05) is 15.6 Å². The molecule has 0 aromatic heterocycles. The number of hydrogen-bond acceptors (Lipinski definition) is 5. The van der Waals surface area contributed by atoms with E-state index in [1.54, 1.807) is 30.3 Å². The number of rotatable bonds is 6. The summed E-state index contributed by atoms with van der Waals surface area (Å²) in [6, 6.07) is 18.4. The minimum absolute atomic E-state index is 0.0315. The van der Waals surface area contributed by atoms with Crippen LogP contribution in [0.25, 0.3) is 0 Å². The number of nitrogens with zero attached hydrogens (tertiary/aromatic N) is 2. The van der Waals surface area contributed by atoms with Crippen molar-refractivity contribution in [3.8, 4) is 0 Å². The first-order chi connectivity index (χ1) is 16.3. The highest BCUT2D eigenvalue weighted by Crippen LogP contribution is 2.26. The van der Waals surface area contributed by atoms with Crippen LogP contribution in [0.4, 0.5) is 21.5 Å². The van der Waals surface area contributed by atoms with E-state index in [1.165, 1.54) is 29.3 Å². The molecular weight excluding hydrogens is 437 g/mol. The summed E-state index contributed by atoms with van der Waals surface area (Å²) < 4.78 is 13.3. The van der Waals surface area contributed by atoms with Gasteiger partial charge in [-0.15, -0.1) is 0 Å². The van der Waals surface area contributed by atoms with Crippen molar-refractivity contribution in [1.29, 1.82) is 0 Å². The molecule has 3 aromatic carbocycles. The van der Waals surface area contributed by atoms with E-state index in [1.807, 2.05) is 25.1 Å². The van der Waals surface area contributed by atoms with Crippen LogP contribution in [0.2, 0.25) is 0 Å². The quantitative estimate of drug-likeness (QED) is 0.523. The van der Waals surface area contributed by atoms with Gasteiger partial charge in [-0.1, -0.05) is 24.3 Å². The zero-order chi connectivity index (χ0) is 24.2. The summed E-state index contributed by atoms with van der Waals surface area (Å²) in [5, 5.41) is 11.1. The van der Waals surface area contributed by atoms with Crippen LogP contribution in [0.1, 0.15) is 22.3 Å². The van der Waals surface area contributed by atoms with Gasteiger partial charge in [0.25, 0.3) is 11.8 Å². The smallest absolute Gasteiger partial charge is 0.271 e. The summed E-state index contributed by atoms with van der Waals surface area (Å²) in [6.07, 6.45) is -0.0315. The predicted octanol–water partition coefficient (Wildman–Crippen LogP) is 3.45. The number of nitrogens with two attached hydrogens (primary N) is 1. The van der Waals surface area contributed by atoms with Gasteiger partial charge in [0.2, 0.25) is 5.91 Å². The van der Waals surface area contributed by atoms with Crippen molar-refractivity contribution < 1.29 is 18.8 Å². The molecule has 34 heavy (non-hydrogen) atoms. The van der Waals surface area contributed by atoms with Gasteiger partial charge >= 0.3 is 0 Å². The van der Waals surface area contributed by atoms with E-state index in [4.69, 9.17) is 5.73 Å². The highest BCUT2D eigenvalue weighted by Gasteiger charge is 2.35. The van der Waals surface area contributed by atoms with Gasteiger partial charge in [-0.25, -0.2) is 4.39 Å². The largest absolute Gasteiger partial charge is 0.368 e. The van der Waals surface area contributed by atoms with Gasteiger partial charge in [0.15, 0.2) is 0 Å². The third kappa shape index (κ3) is 4.93. The first kappa shape index (κ1) is 22.7. The van der Waals surface area contributed by atoms with Crippen molar-refractivity contribution in [2.45, 2.75) is 19.4 Å². The van der Waals surface area contributed by atoms with Gasteiger partial charge in [0, 0.05) is 12.1 Å². The molecule has 0 radical (unpaired) electrons. The van der Waals surface area contributed by atoms with Crippen LogP contribution in [0.15, 0.2) is 77.9 Å². The Balaban J connectivity index is 1.54. The Kier molecular flexibility index (Phi) is 6.35. The molecule has 3 aromatic rings. The summed E-state index contributed by atoms with van der Waals surface area (Å²) in [5.74, 6) is -2.08. The van der Waals surface area contributed by atoms with E-state index in [2.05, 4.69) is 15.7 Å². The fourth-order valence-corrected chi connectivity index (χ4v) is 3.61. The number of hydrazone groups is 1. The maximum absolute atomic E-state index is 13.3. The third-order valence-electron chi connectivity index (χ3n) is 5.29. The number of hydrogen-bond donors (Lipinski definition) is 3. The molecule has 172 valence electrons. The van der Waals surface area contributed by atoms with E-state index in [-0.39, 0.29) is 23.4 Å². The van der Waals surface area contributed by atoms with Crippen LogP contribution in [0, 0.1) is 12.7 Å². The molecule has 8 nitrogen and oxygen atoms in total. The average Bonchev–Trinajstić information content (AvgIpc) is 3.26. The molecule has 1 aliphatic rings. The number of para-hydroxylation sites is 1. The minimum atomic E-state index is -0.897. The van der Waals surface area contributed by atoms with Crippen molar-refractivity contribution in [1.82, 2.24) is 0 Å². The number of anilines is 3. The maximum Gasteiger partial charge on any atom is 0.271 e. The standard InChI is InChI=1S/C25H22FN5O3/c1-15-5-4-6-17(13-15)28-24(33)19-7-2-3-8-20(19)29-25(34)21-14-22(23(27)32)31(30-21)18-11-9-16(26)10-12-18/h2-13,22H,14H2,1H3,(H2,27,32)(H,28,33)(H,29,34). The lowest BCUT2D eigenvalue weighted by molar-refractivity contribution is -0.119. The molecule has 1 unspecified atom stereocenters. The third-order valence-corrected chi connectivity index (χ3v) is 5.29. The predicted molar refractivity (Wildman–Crippen MR) is 128 cm³/mol. The molecule has 1 heterocycles. The minimum Gasteiger partial charge on any atom is -0.368 e. The number of amides is 3. The zero-order valence-corrected chi connectivity index (χ0v) is 18.3. The molecule has 9 heteroatoms. The number of primary amides is 1. The molecule has 0 aliphatic carbocycles. The Morgan fingerprint density at radius 2 is 1.71 bits per heavy atom. The number of aryl methyl sites for hydroxylation is 1. The molecule has 3 amide bonds. The van der Waals surface area contributed by atoms with E-state index in [9.17, 15) is 18.8 Å². The molecule has 0 spiro atoms. The second-order valence-corrected chi connectivity index (χ2v) is 7.81. The molecule has 0 fully saturated rings. The van der Waals surface area contributed by atoms with Crippen LogP contribution >= 0.6 is 0 Å². The molecule has 4 rings (SSSR count). The Morgan fingerprint density at radius 1 is 0.971 bits per heavy atom. The SMILES string of the molecule is Cc1cccc(NC(=O)c2ccccc2NC(=O)C2=NN(c3ccc(F)cc3)C(C(N)=O)C2)c1. The van der Waals surface area contributed by atoms with E-state index in [0.717, 1.165) is 5.56 Å². The van der Waals surface area contributed by atoms with Gasteiger partial charge in [0.05, 0.1) is 16.9 Å². The Bertz CT molecular complexity index is 1290. The van der Waals surface area contributed by atoms with Crippen molar-refractivity contribution in [2.24, 2.45) is 10.8 Å². The Labute approximate surface area is 195 Å². The zero-order valence-electron chi connectivity index (χ0n) is 18.3. The van der Waals surface area contributed by atoms with Gasteiger partial charge < -0.3 is 16.4 Å². The number of nitrogens with one attached hydrogen (secondary N) is 2. The van der Waals surface area contributed by atoms with Gasteiger partial charge in [-0.2, -0.15) is 5.10 Å². The van der Waals surface area contributed by atoms with E-state index >= 15 is 0 Å². The molecule has 0 bridgehead atoms. The van der Waals surface area contributed by atoms with Gasteiger partial charge in [0.1, 0.15) is 17.6 Å². The molecular formula is C25H22FN5O3. The molecule has 0 saturated heterocycles. The van der Waals surface area contributed by atoms with Crippen LogP contribution < -0.4 is 21.4 Å². The summed E-state index contributed by atoms with van der Waals surface area (Å²) >= 11 is 0. The number of benzene rings is 3. The lowest BCUT2D eigenvalue weighted by Crippen LogP contribution is -2.39. The van der Waals surface area contributed by atoms with Gasteiger partial charge in [-0.05, 0) is 61.0 Å². The van der Waals surface area contributed by atoms with Crippen LogP contribution in [-0.4, -0.2) is 29.5 Å². The molecule has 1 atom stereocenters. The fourth-order valence-electron chi connectivity index (χ4n) is 3.61. The van der Waals surface area contributed by atoms with Crippen molar-refractivity contribution in [3.63, 3.8) is 0 Å². The molecule has 1 aliphatic heterocycles. The first-order valence-corrected chi connectivity index (χ1v) is 10.5. The monoisotopic (exact) mass is 459 g/mol. The number of carbonyl (C=O) groups excluding carboxylic acids is 3. The van der Waals surface area contributed by atoms with Gasteiger partial charge in [-0.3, -0.25) is 19.4 Å². The van der Waals surface area contributed by atoms with Crippen molar-refractivity contribution in [3.05, 3.63) is 89.7 Å². The topological polar surface area (TPSA) is 117 Å². The second kappa shape index (κ2) is 9.53. The fraction of sp³-hybridized carbons (Fsp3) is 0.120. The van der Waals surface area contributed by atoms with E-state index in [0.29, 0.717) is 11.4 Å². The number of halogens is 1. The Hall–Kier alpha value is -4.53. The lowest BCUT2D eigenvalue weighted by atomic mass is 10.1. The van der Waals surface area contributed by atoms with Crippen LogP contribution in [0.5, 0.6) is 0 Å². The normalized spacial score (nSPS) is 14.9. The van der Waals surface area contributed by atoms with Crippen LogP contribution in [-0.2, 0) is 9.59 Å². The van der Waals surface area contributed by atoms with E-state index < -0.39 is 29.6 Å². The summed E-state index contributed by atoms with van der Waals surface area (Å²) in [4.78, 5) is 37.8. The molecule has 0 saturated carbocycles. The summed E-state index contributed by atoms with van der Waals surface area (Å²) in [7, 11) is 0.